The van der Waals surface area contributed by atoms with Gasteiger partial charge in [-0.25, -0.2) is 0 Å². The smallest absolute Gasteiger partial charge is 0.246 e. The number of piperazine rings is 1. The molecule has 6 heteroatoms. The van der Waals surface area contributed by atoms with Gasteiger partial charge in [0.25, 0.3) is 0 Å². The molecule has 1 fully saturated rings. The topological polar surface area (TPSA) is 75.4 Å². The Labute approximate surface area is 112 Å². The number of nitrogens with one attached hydrogen (secondary N) is 1. The maximum Gasteiger partial charge on any atom is 0.246 e. The fourth-order valence-corrected chi connectivity index (χ4v) is 2.23. The van der Waals surface area contributed by atoms with Crippen LogP contribution in [0.4, 0.5) is 0 Å². The van der Waals surface area contributed by atoms with Gasteiger partial charge < -0.3 is 14.7 Å². The number of amides is 2. The van der Waals surface area contributed by atoms with Gasteiger partial charge in [0.2, 0.25) is 11.8 Å². The van der Waals surface area contributed by atoms with Crippen LogP contribution in [0, 0.1) is 19.8 Å². The van der Waals surface area contributed by atoms with Crippen LogP contribution in [-0.2, 0) is 16.1 Å². The average molecular weight is 265 g/mol. The SMILES string of the molecule is Cc1noc(C)c1CN1CC(=O)NC(C(C)C)C1=O. The molecule has 0 radical (unpaired) electrons. The highest BCUT2D eigenvalue weighted by atomic mass is 16.5. The van der Waals surface area contributed by atoms with Crippen LogP contribution < -0.4 is 5.32 Å². The second-order valence-electron chi connectivity index (χ2n) is 5.29. The maximum atomic E-state index is 12.3. The summed E-state index contributed by atoms with van der Waals surface area (Å²) < 4.78 is 5.08. The fraction of sp³-hybridized carbons (Fsp3) is 0.615. The summed E-state index contributed by atoms with van der Waals surface area (Å²) in [5, 5.41) is 6.60. The van der Waals surface area contributed by atoms with Crippen molar-refractivity contribution in [2.75, 3.05) is 6.54 Å². The minimum Gasteiger partial charge on any atom is -0.361 e. The number of carbonyl (C=O) groups excluding carboxylic acids is 2. The molecule has 104 valence electrons. The molecule has 0 bridgehead atoms. The molecule has 0 aromatic carbocycles. The summed E-state index contributed by atoms with van der Waals surface area (Å²) in [6.07, 6.45) is 0. The van der Waals surface area contributed by atoms with E-state index in [9.17, 15) is 9.59 Å². The monoisotopic (exact) mass is 265 g/mol. The summed E-state index contributed by atoms with van der Waals surface area (Å²) in [5.41, 5.74) is 1.64. The lowest BCUT2D eigenvalue weighted by molar-refractivity contribution is -0.146. The van der Waals surface area contributed by atoms with Gasteiger partial charge >= 0.3 is 0 Å². The Hall–Kier alpha value is -1.85. The number of aryl methyl sites for hydroxylation is 2. The van der Waals surface area contributed by atoms with Gasteiger partial charge in [0, 0.05) is 5.56 Å². The second-order valence-corrected chi connectivity index (χ2v) is 5.29. The van der Waals surface area contributed by atoms with Crippen LogP contribution in [0.1, 0.15) is 30.9 Å². The molecule has 0 saturated carbocycles. The third-order valence-electron chi connectivity index (χ3n) is 3.43. The average Bonchev–Trinajstić information content (AvgIpc) is 2.64. The van der Waals surface area contributed by atoms with E-state index in [0.717, 1.165) is 11.3 Å². The van der Waals surface area contributed by atoms with E-state index in [0.29, 0.717) is 12.3 Å². The van der Waals surface area contributed by atoms with Crippen LogP contribution in [0.25, 0.3) is 0 Å². The first-order chi connectivity index (χ1) is 8.90. The third-order valence-corrected chi connectivity index (χ3v) is 3.43. The van der Waals surface area contributed by atoms with E-state index in [4.69, 9.17) is 4.52 Å². The van der Waals surface area contributed by atoms with Crippen molar-refractivity contribution in [2.45, 2.75) is 40.3 Å². The summed E-state index contributed by atoms with van der Waals surface area (Å²) >= 11 is 0. The molecule has 1 aromatic rings. The Morgan fingerprint density at radius 3 is 2.63 bits per heavy atom. The quantitative estimate of drug-likeness (QED) is 0.876. The summed E-state index contributed by atoms with van der Waals surface area (Å²) in [6.45, 7) is 7.94. The molecule has 1 aromatic heterocycles. The number of hydrogen-bond donors (Lipinski definition) is 1. The number of nitrogens with zero attached hydrogens (tertiary/aromatic N) is 2. The van der Waals surface area contributed by atoms with Crippen molar-refractivity contribution in [1.29, 1.82) is 0 Å². The lowest BCUT2D eigenvalue weighted by Gasteiger charge is -2.34. The van der Waals surface area contributed by atoms with Gasteiger partial charge in [-0.05, 0) is 19.8 Å². The predicted octanol–water partition coefficient (Wildman–Crippen LogP) is 0.774. The zero-order valence-corrected chi connectivity index (χ0v) is 11.7. The number of hydrogen-bond acceptors (Lipinski definition) is 4. The Morgan fingerprint density at radius 1 is 1.42 bits per heavy atom. The van der Waals surface area contributed by atoms with Crippen molar-refractivity contribution < 1.29 is 14.1 Å². The molecule has 2 amide bonds. The van der Waals surface area contributed by atoms with Crippen molar-refractivity contribution in [1.82, 2.24) is 15.4 Å². The van der Waals surface area contributed by atoms with E-state index < -0.39 is 6.04 Å². The predicted molar refractivity (Wildman–Crippen MR) is 68.2 cm³/mol. The molecule has 19 heavy (non-hydrogen) atoms. The van der Waals surface area contributed by atoms with Crippen LogP contribution in [0.2, 0.25) is 0 Å². The first kappa shape index (κ1) is 13.6. The van der Waals surface area contributed by atoms with Gasteiger partial charge in [-0.15, -0.1) is 0 Å². The normalized spacial score (nSPS) is 20.1. The van der Waals surface area contributed by atoms with E-state index >= 15 is 0 Å². The van der Waals surface area contributed by atoms with Gasteiger partial charge in [0.05, 0.1) is 18.8 Å². The Morgan fingerprint density at radius 2 is 2.11 bits per heavy atom. The van der Waals surface area contributed by atoms with Crippen LogP contribution >= 0.6 is 0 Å². The lowest BCUT2D eigenvalue weighted by Crippen LogP contribution is -2.59. The lowest BCUT2D eigenvalue weighted by atomic mass is 10.00. The van der Waals surface area contributed by atoms with Gasteiger partial charge in [0.15, 0.2) is 0 Å². The molecule has 2 heterocycles. The Balaban J connectivity index is 2.19. The first-order valence-electron chi connectivity index (χ1n) is 6.40. The number of aromatic nitrogens is 1. The van der Waals surface area contributed by atoms with Gasteiger partial charge in [-0.2, -0.15) is 0 Å². The van der Waals surface area contributed by atoms with E-state index in [1.807, 2.05) is 27.7 Å². The Bertz CT molecular complexity index is 488. The van der Waals surface area contributed by atoms with E-state index in [1.165, 1.54) is 0 Å². The zero-order chi connectivity index (χ0) is 14.2. The van der Waals surface area contributed by atoms with E-state index in [-0.39, 0.29) is 24.3 Å². The molecular formula is C13H19N3O3. The van der Waals surface area contributed by atoms with Crippen LogP contribution in [0.15, 0.2) is 4.52 Å². The zero-order valence-electron chi connectivity index (χ0n) is 11.7. The second kappa shape index (κ2) is 5.03. The third kappa shape index (κ3) is 2.62. The molecule has 1 saturated heterocycles. The van der Waals surface area contributed by atoms with E-state index in [2.05, 4.69) is 10.5 Å². The molecule has 0 spiro atoms. The van der Waals surface area contributed by atoms with Crippen LogP contribution in [-0.4, -0.2) is 34.5 Å². The highest BCUT2D eigenvalue weighted by Crippen LogP contribution is 2.18. The highest BCUT2D eigenvalue weighted by molar-refractivity contribution is 5.94. The summed E-state index contributed by atoms with van der Waals surface area (Å²) in [7, 11) is 0. The summed E-state index contributed by atoms with van der Waals surface area (Å²) in [5.74, 6) is 0.598. The molecule has 1 aliphatic rings. The number of rotatable bonds is 3. The molecule has 6 nitrogen and oxygen atoms in total. The highest BCUT2D eigenvalue weighted by Gasteiger charge is 2.35. The fourth-order valence-electron chi connectivity index (χ4n) is 2.23. The molecule has 1 N–H and O–H groups in total. The summed E-state index contributed by atoms with van der Waals surface area (Å²) in [4.78, 5) is 25.6. The molecule has 1 unspecified atom stereocenters. The van der Waals surface area contributed by atoms with Gasteiger partial charge in [-0.1, -0.05) is 19.0 Å². The first-order valence-corrected chi connectivity index (χ1v) is 6.40. The van der Waals surface area contributed by atoms with Crippen molar-refractivity contribution >= 4 is 11.8 Å². The van der Waals surface area contributed by atoms with Crippen LogP contribution in [0.3, 0.4) is 0 Å². The molecule has 0 aliphatic carbocycles. The van der Waals surface area contributed by atoms with Gasteiger partial charge in [0.1, 0.15) is 11.8 Å². The van der Waals surface area contributed by atoms with Crippen LogP contribution in [0.5, 0.6) is 0 Å². The maximum absolute atomic E-state index is 12.3. The van der Waals surface area contributed by atoms with Crippen molar-refractivity contribution in [3.05, 3.63) is 17.0 Å². The number of carbonyl (C=O) groups is 2. The molecule has 1 aliphatic heterocycles. The van der Waals surface area contributed by atoms with Gasteiger partial charge in [-0.3, -0.25) is 9.59 Å². The van der Waals surface area contributed by atoms with Crippen molar-refractivity contribution in [2.24, 2.45) is 5.92 Å². The van der Waals surface area contributed by atoms with Crippen molar-refractivity contribution in [3.8, 4) is 0 Å². The minimum atomic E-state index is -0.443. The standard InChI is InChI=1S/C13H19N3O3/c1-7(2)12-13(18)16(6-11(17)14-12)5-10-8(3)15-19-9(10)4/h7,12H,5-6H2,1-4H3,(H,14,17). The molecule has 2 rings (SSSR count). The minimum absolute atomic E-state index is 0.0467. The van der Waals surface area contributed by atoms with E-state index in [1.54, 1.807) is 4.90 Å². The van der Waals surface area contributed by atoms with Crippen molar-refractivity contribution in [3.63, 3.8) is 0 Å². The largest absolute Gasteiger partial charge is 0.361 e. The Kier molecular flexibility index (Phi) is 3.59. The molecular weight excluding hydrogens is 246 g/mol. The summed E-state index contributed by atoms with van der Waals surface area (Å²) in [6, 6.07) is -0.443. The molecule has 1 atom stereocenters.